The predicted molar refractivity (Wildman–Crippen MR) is 92.1 cm³/mol. The van der Waals surface area contributed by atoms with E-state index in [0.29, 0.717) is 17.9 Å². The van der Waals surface area contributed by atoms with Gasteiger partial charge in [0.25, 0.3) is 0 Å². The molecule has 2 aromatic rings. The minimum absolute atomic E-state index is 0.0594. The summed E-state index contributed by atoms with van der Waals surface area (Å²) in [5, 5.41) is 10.8. The smallest absolute Gasteiger partial charge is 0.116 e. The van der Waals surface area contributed by atoms with Crippen LogP contribution in [0.25, 0.3) is 10.9 Å². The van der Waals surface area contributed by atoms with Gasteiger partial charge in [-0.3, -0.25) is 9.88 Å². The summed E-state index contributed by atoms with van der Waals surface area (Å²) in [5.41, 5.74) is 8.65. The second-order valence-corrected chi connectivity index (χ2v) is 6.87. The molecule has 3 fully saturated rings. The summed E-state index contributed by atoms with van der Waals surface area (Å²) >= 11 is 0. The maximum atomic E-state index is 9.83. The van der Waals surface area contributed by atoms with E-state index in [4.69, 9.17) is 5.73 Å². The van der Waals surface area contributed by atoms with Crippen molar-refractivity contribution in [2.24, 2.45) is 17.6 Å². The van der Waals surface area contributed by atoms with Gasteiger partial charge in [-0.15, -0.1) is 6.58 Å². The molecule has 120 valence electrons. The summed E-state index contributed by atoms with van der Waals surface area (Å²) in [6.45, 7) is 6.18. The fourth-order valence-electron chi connectivity index (χ4n) is 4.40. The van der Waals surface area contributed by atoms with Crippen molar-refractivity contribution in [1.29, 1.82) is 0 Å². The highest BCUT2D eigenvalue weighted by Crippen LogP contribution is 2.41. The summed E-state index contributed by atoms with van der Waals surface area (Å²) in [4.78, 5) is 6.91. The molecule has 0 amide bonds. The lowest BCUT2D eigenvalue weighted by atomic mass is 9.73. The van der Waals surface area contributed by atoms with E-state index in [9.17, 15) is 5.11 Å². The van der Waals surface area contributed by atoms with Crippen molar-refractivity contribution in [3.05, 3.63) is 48.7 Å². The number of hydrogen-bond acceptors (Lipinski definition) is 4. The Hall–Kier alpha value is -1.91. The molecule has 4 heterocycles. The van der Waals surface area contributed by atoms with Gasteiger partial charge in [0.05, 0.1) is 5.52 Å². The fraction of sp³-hybridized carbons (Fsp3) is 0.421. The molecular weight excluding hydrogens is 286 g/mol. The monoisotopic (exact) mass is 309 g/mol. The second kappa shape index (κ2) is 5.62. The molecule has 4 nitrogen and oxygen atoms in total. The van der Waals surface area contributed by atoms with E-state index in [0.717, 1.165) is 36.0 Å². The van der Waals surface area contributed by atoms with Gasteiger partial charge >= 0.3 is 0 Å². The first-order chi connectivity index (χ1) is 11.2. The van der Waals surface area contributed by atoms with Crippen LogP contribution in [0.15, 0.2) is 43.1 Å². The van der Waals surface area contributed by atoms with Crippen molar-refractivity contribution in [2.75, 3.05) is 13.1 Å². The van der Waals surface area contributed by atoms with E-state index < -0.39 is 0 Å². The van der Waals surface area contributed by atoms with Gasteiger partial charge in [0.2, 0.25) is 0 Å². The molecule has 1 aromatic carbocycles. The van der Waals surface area contributed by atoms with Gasteiger partial charge in [0, 0.05) is 30.2 Å². The Labute approximate surface area is 136 Å². The third-order valence-corrected chi connectivity index (χ3v) is 5.69. The topological polar surface area (TPSA) is 62.4 Å². The molecule has 0 aliphatic carbocycles. The van der Waals surface area contributed by atoms with Crippen molar-refractivity contribution >= 4 is 10.9 Å². The molecule has 0 radical (unpaired) electrons. The summed E-state index contributed by atoms with van der Waals surface area (Å²) in [7, 11) is 0. The lowest BCUT2D eigenvalue weighted by molar-refractivity contribution is 0.00749. The Morgan fingerprint density at radius 1 is 1.39 bits per heavy atom. The highest BCUT2D eigenvalue weighted by molar-refractivity contribution is 5.83. The Morgan fingerprint density at radius 3 is 3.00 bits per heavy atom. The summed E-state index contributed by atoms with van der Waals surface area (Å²) in [6, 6.07) is 7.60. The van der Waals surface area contributed by atoms with Crippen molar-refractivity contribution in [3.63, 3.8) is 0 Å². The molecule has 0 spiro atoms. The minimum atomic E-state index is -0.0594. The number of benzene rings is 1. The molecular formula is C19H23N3O. The molecule has 5 rings (SSSR count). The van der Waals surface area contributed by atoms with E-state index in [-0.39, 0.29) is 11.8 Å². The SMILES string of the molecule is C=CC1CN2CCC1C[C@@H]2[C@@H](N)c1ccnc2ccc(O)cc12. The van der Waals surface area contributed by atoms with Crippen LogP contribution in [0.3, 0.4) is 0 Å². The van der Waals surface area contributed by atoms with Gasteiger partial charge in [-0.25, -0.2) is 0 Å². The van der Waals surface area contributed by atoms with Gasteiger partial charge < -0.3 is 10.8 Å². The molecule has 23 heavy (non-hydrogen) atoms. The first kappa shape index (κ1) is 14.7. The molecule has 3 aliphatic rings. The number of phenols is 1. The first-order valence-corrected chi connectivity index (χ1v) is 8.37. The van der Waals surface area contributed by atoms with Gasteiger partial charge in [-0.2, -0.15) is 0 Å². The van der Waals surface area contributed by atoms with Gasteiger partial charge in [-0.05, 0) is 61.1 Å². The van der Waals surface area contributed by atoms with Crippen LogP contribution in [-0.4, -0.2) is 34.1 Å². The Morgan fingerprint density at radius 2 is 2.26 bits per heavy atom. The van der Waals surface area contributed by atoms with Crippen LogP contribution in [0, 0.1) is 11.8 Å². The first-order valence-electron chi connectivity index (χ1n) is 8.37. The number of phenolic OH excluding ortho intramolecular Hbond substituents is 1. The van der Waals surface area contributed by atoms with Crippen LogP contribution in [0.2, 0.25) is 0 Å². The van der Waals surface area contributed by atoms with E-state index in [1.807, 2.05) is 18.3 Å². The van der Waals surface area contributed by atoms with Gasteiger partial charge in [0.1, 0.15) is 5.75 Å². The van der Waals surface area contributed by atoms with Crippen molar-refractivity contribution in [2.45, 2.75) is 24.9 Å². The molecule has 3 unspecified atom stereocenters. The minimum Gasteiger partial charge on any atom is -0.508 e. The summed E-state index contributed by atoms with van der Waals surface area (Å²) in [6.07, 6.45) is 6.30. The summed E-state index contributed by atoms with van der Waals surface area (Å²) in [5.74, 6) is 1.57. The largest absolute Gasteiger partial charge is 0.508 e. The van der Waals surface area contributed by atoms with Crippen LogP contribution >= 0.6 is 0 Å². The van der Waals surface area contributed by atoms with Crippen LogP contribution in [0.1, 0.15) is 24.4 Å². The Kier molecular flexibility index (Phi) is 3.58. The molecule has 2 bridgehead atoms. The molecule has 0 saturated carbocycles. The van der Waals surface area contributed by atoms with Crippen molar-refractivity contribution in [1.82, 2.24) is 9.88 Å². The van der Waals surface area contributed by atoms with Crippen LogP contribution in [-0.2, 0) is 0 Å². The highest BCUT2D eigenvalue weighted by atomic mass is 16.3. The molecule has 5 atom stereocenters. The number of nitrogens with two attached hydrogens (primary N) is 1. The van der Waals surface area contributed by atoms with Crippen LogP contribution < -0.4 is 5.73 Å². The van der Waals surface area contributed by atoms with E-state index in [1.54, 1.807) is 12.1 Å². The van der Waals surface area contributed by atoms with Gasteiger partial charge in [0.15, 0.2) is 0 Å². The number of hydrogen-bond donors (Lipinski definition) is 2. The number of aromatic hydroxyl groups is 1. The summed E-state index contributed by atoms with van der Waals surface area (Å²) < 4.78 is 0. The number of rotatable bonds is 3. The number of piperidine rings is 3. The zero-order chi connectivity index (χ0) is 16.0. The average molecular weight is 309 g/mol. The van der Waals surface area contributed by atoms with E-state index in [2.05, 4.69) is 22.5 Å². The molecule has 1 aromatic heterocycles. The van der Waals surface area contributed by atoms with Crippen molar-refractivity contribution < 1.29 is 5.11 Å². The Balaban J connectivity index is 1.69. The van der Waals surface area contributed by atoms with Crippen molar-refractivity contribution in [3.8, 4) is 5.75 Å². The molecule has 3 aliphatic heterocycles. The molecule has 3 N–H and O–H groups in total. The number of fused-ring (bicyclic) bond motifs is 4. The zero-order valence-electron chi connectivity index (χ0n) is 13.2. The lowest BCUT2D eigenvalue weighted by Gasteiger charge is -2.51. The number of aromatic nitrogens is 1. The van der Waals surface area contributed by atoms with E-state index >= 15 is 0 Å². The average Bonchev–Trinajstić information content (AvgIpc) is 2.60. The van der Waals surface area contributed by atoms with Crippen LogP contribution in [0.4, 0.5) is 0 Å². The molecule has 4 heteroatoms. The zero-order valence-corrected chi connectivity index (χ0v) is 13.2. The fourth-order valence-corrected chi connectivity index (χ4v) is 4.40. The number of nitrogens with zero attached hydrogens (tertiary/aromatic N) is 2. The molecule has 3 saturated heterocycles. The maximum absolute atomic E-state index is 9.83. The van der Waals surface area contributed by atoms with Crippen LogP contribution in [0.5, 0.6) is 5.75 Å². The Bertz CT molecular complexity index is 744. The third-order valence-electron chi connectivity index (χ3n) is 5.69. The van der Waals surface area contributed by atoms with E-state index in [1.165, 1.54) is 6.42 Å². The lowest BCUT2D eigenvalue weighted by Crippen LogP contribution is -2.56. The second-order valence-electron chi connectivity index (χ2n) is 6.87. The maximum Gasteiger partial charge on any atom is 0.116 e. The highest BCUT2D eigenvalue weighted by Gasteiger charge is 2.41. The normalized spacial score (nSPS) is 31.2. The number of pyridine rings is 1. The predicted octanol–water partition coefficient (Wildman–Crippen LogP) is 2.84. The third kappa shape index (κ3) is 2.42. The van der Waals surface area contributed by atoms with Gasteiger partial charge in [-0.1, -0.05) is 6.08 Å². The quantitative estimate of drug-likeness (QED) is 0.856. The standard InChI is InChI=1S/C19H23N3O/c1-2-12-11-22-8-6-13(12)9-18(22)19(20)15-5-7-21-17-4-3-14(23)10-16(15)17/h2-5,7,10,12-13,18-19,23H,1,6,8-9,11,20H2/t12?,13?,18-,19+/m1/s1.